The van der Waals surface area contributed by atoms with Crippen molar-refractivity contribution in [3.63, 3.8) is 0 Å². The number of fused-ring (bicyclic) bond motifs is 3. The number of esters is 1. The van der Waals surface area contributed by atoms with Crippen LogP contribution in [-0.4, -0.2) is 25.0 Å². The van der Waals surface area contributed by atoms with E-state index in [-0.39, 0.29) is 11.8 Å². The van der Waals surface area contributed by atoms with Crippen molar-refractivity contribution in [2.75, 3.05) is 7.11 Å². The van der Waals surface area contributed by atoms with E-state index in [0.717, 1.165) is 33.4 Å². The van der Waals surface area contributed by atoms with E-state index < -0.39 is 17.4 Å². The van der Waals surface area contributed by atoms with E-state index in [1.54, 1.807) is 0 Å². The highest BCUT2D eigenvalue weighted by Crippen LogP contribution is 2.46. The predicted octanol–water partition coefficient (Wildman–Crippen LogP) is 5.46. The van der Waals surface area contributed by atoms with Gasteiger partial charge in [-0.25, -0.2) is 4.79 Å². The van der Waals surface area contributed by atoms with E-state index in [9.17, 15) is 9.59 Å². The van der Waals surface area contributed by atoms with Crippen molar-refractivity contribution < 1.29 is 14.3 Å². The molecule has 0 saturated carbocycles. The fourth-order valence-corrected chi connectivity index (χ4v) is 5.22. The van der Waals surface area contributed by atoms with Crippen LogP contribution in [0.4, 0.5) is 0 Å². The molecule has 0 saturated heterocycles. The fourth-order valence-electron chi connectivity index (χ4n) is 5.22. The molecular formula is C31H27NO3. The number of carbonyl (C=O) groups is 2. The highest BCUT2D eigenvalue weighted by molar-refractivity contribution is 5.96. The number of hydrogen-bond donors (Lipinski definition) is 1. The molecule has 5 rings (SSSR count). The first-order valence-corrected chi connectivity index (χ1v) is 11.7. The quantitative estimate of drug-likeness (QED) is 0.388. The average Bonchev–Trinajstić information content (AvgIpc) is 3.26. The molecule has 0 radical (unpaired) electrons. The number of ether oxygens (including phenoxy) is 1. The van der Waals surface area contributed by atoms with E-state index >= 15 is 0 Å². The SMILES string of the molecule is COC(=O)[C@H](NC(=O)C(C)(c1ccccc1)c1ccccc1)C1c2ccccc2-c2ccccc21. The summed E-state index contributed by atoms with van der Waals surface area (Å²) in [7, 11) is 1.36. The highest BCUT2D eigenvalue weighted by atomic mass is 16.5. The molecular weight excluding hydrogens is 434 g/mol. The Kier molecular flexibility index (Phi) is 5.96. The minimum absolute atomic E-state index is 0.257. The molecule has 0 fully saturated rings. The maximum atomic E-state index is 14.2. The highest BCUT2D eigenvalue weighted by Gasteiger charge is 2.44. The standard InChI is InChI=1S/C31H27NO3/c1-31(21-13-5-3-6-14-21,22-15-7-4-8-16-22)30(34)32-28(29(33)35-2)27-25-19-11-9-17-23(25)24-18-10-12-20-26(24)27/h3-20,27-28H,1-2H3,(H,32,34)/t28-/m1/s1. The third kappa shape index (κ3) is 3.81. The molecule has 0 heterocycles. The van der Waals surface area contributed by atoms with Gasteiger partial charge in [-0.05, 0) is 40.3 Å². The third-order valence-corrected chi connectivity index (χ3v) is 7.11. The van der Waals surface area contributed by atoms with Gasteiger partial charge in [-0.3, -0.25) is 4.79 Å². The number of carbonyl (C=O) groups excluding carboxylic acids is 2. The zero-order valence-corrected chi connectivity index (χ0v) is 19.8. The Morgan fingerprint density at radius 3 is 1.60 bits per heavy atom. The summed E-state index contributed by atoms with van der Waals surface area (Å²) in [6, 6.07) is 34.5. The molecule has 0 unspecified atom stereocenters. The molecule has 1 amide bonds. The van der Waals surface area contributed by atoms with Crippen molar-refractivity contribution in [3.8, 4) is 11.1 Å². The lowest BCUT2D eigenvalue weighted by Gasteiger charge is -2.33. The van der Waals surface area contributed by atoms with Gasteiger partial charge in [0.1, 0.15) is 6.04 Å². The van der Waals surface area contributed by atoms with Crippen LogP contribution in [-0.2, 0) is 19.7 Å². The minimum Gasteiger partial charge on any atom is -0.467 e. The fraction of sp³-hybridized carbons (Fsp3) is 0.161. The zero-order valence-electron chi connectivity index (χ0n) is 19.8. The number of nitrogens with one attached hydrogen (secondary N) is 1. The molecule has 174 valence electrons. The second-order valence-electron chi connectivity index (χ2n) is 8.98. The van der Waals surface area contributed by atoms with Gasteiger partial charge in [0, 0.05) is 5.92 Å². The van der Waals surface area contributed by atoms with Crippen LogP contribution in [0.5, 0.6) is 0 Å². The largest absolute Gasteiger partial charge is 0.467 e. The van der Waals surface area contributed by atoms with Crippen LogP contribution >= 0.6 is 0 Å². The van der Waals surface area contributed by atoms with E-state index in [4.69, 9.17) is 4.74 Å². The van der Waals surface area contributed by atoms with Crippen LogP contribution in [0.15, 0.2) is 109 Å². The number of rotatable bonds is 6. The van der Waals surface area contributed by atoms with Crippen LogP contribution in [0, 0.1) is 0 Å². The van der Waals surface area contributed by atoms with Gasteiger partial charge in [-0.2, -0.15) is 0 Å². The number of methoxy groups -OCH3 is 1. The molecule has 1 aliphatic rings. The number of hydrogen-bond acceptors (Lipinski definition) is 3. The lowest BCUT2D eigenvalue weighted by atomic mass is 9.75. The van der Waals surface area contributed by atoms with Crippen molar-refractivity contribution in [1.82, 2.24) is 5.32 Å². The average molecular weight is 462 g/mol. The molecule has 1 aliphatic carbocycles. The zero-order chi connectivity index (χ0) is 24.4. The Morgan fingerprint density at radius 1 is 0.714 bits per heavy atom. The number of benzene rings is 4. The first kappa shape index (κ1) is 22.6. The third-order valence-electron chi connectivity index (χ3n) is 7.11. The van der Waals surface area contributed by atoms with Gasteiger partial charge in [0.2, 0.25) is 5.91 Å². The summed E-state index contributed by atoms with van der Waals surface area (Å²) in [5, 5.41) is 3.12. The second kappa shape index (κ2) is 9.22. The molecule has 4 aromatic rings. The molecule has 0 aromatic heterocycles. The van der Waals surface area contributed by atoms with Gasteiger partial charge in [0.05, 0.1) is 12.5 Å². The van der Waals surface area contributed by atoms with Crippen molar-refractivity contribution in [2.45, 2.75) is 24.3 Å². The summed E-state index contributed by atoms with van der Waals surface area (Å²) < 4.78 is 5.23. The van der Waals surface area contributed by atoms with Gasteiger partial charge in [-0.15, -0.1) is 0 Å². The summed E-state index contributed by atoms with van der Waals surface area (Å²) in [5.74, 6) is -1.08. The van der Waals surface area contributed by atoms with Crippen molar-refractivity contribution in [1.29, 1.82) is 0 Å². The molecule has 0 spiro atoms. The van der Waals surface area contributed by atoms with Crippen molar-refractivity contribution in [2.24, 2.45) is 0 Å². The van der Waals surface area contributed by atoms with Crippen molar-refractivity contribution >= 4 is 11.9 Å². The summed E-state index contributed by atoms with van der Waals surface area (Å²) in [5.41, 5.74) is 4.84. The smallest absolute Gasteiger partial charge is 0.329 e. The van der Waals surface area contributed by atoms with Gasteiger partial charge in [-0.1, -0.05) is 109 Å². The summed E-state index contributed by atoms with van der Waals surface area (Å²) in [4.78, 5) is 27.4. The predicted molar refractivity (Wildman–Crippen MR) is 137 cm³/mol. The van der Waals surface area contributed by atoms with Crippen LogP contribution in [0.1, 0.15) is 35.1 Å². The molecule has 1 N–H and O–H groups in total. The Morgan fingerprint density at radius 2 is 1.14 bits per heavy atom. The first-order chi connectivity index (χ1) is 17.1. The summed E-state index contributed by atoms with van der Waals surface area (Å²) >= 11 is 0. The van der Waals surface area contributed by atoms with Crippen LogP contribution in [0.3, 0.4) is 0 Å². The Labute approximate surface area is 205 Å². The number of amides is 1. The van der Waals surface area contributed by atoms with E-state index in [0.29, 0.717) is 0 Å². The van der Waals surface area contributed by atoms with Gasteiger partial charge in [0.15, 0.2) is 0 Å². The van der Waals surface area contributed by atoms with Crippen LogP contribution < -0.4 is 5.32 Å². The van der Waals surface area contributed by atoms with Crippen molar-refractivity contribution in [3.05, 3.63) is 131 Å². The molecule has 4 aromatic carbocycles. The molecule has 0 aliphatic heterocycles. The monoisotopic (exact) mass is 461 g/mol. The summed E-state index contributed by atoms with van der Waals surface area (Å²) in [6.07, 6.45) is 0. The van der Waals surface area contributed by atoms with Crippen LogP contribution in [0.2, 0.25) is 0 Å². The molecule has 0 bridgehead atoms. The first-order valence-electron chi connectivity index (χ1n) is 11.7. The maximum Gasteiger partial charge on any atom is 0.329 e. The molecule has 1 atom stereocenters. The second-order valence-corrected chi connectivity index (χ2v) is 8.98. The topological polar surface area (TPSA) is 55.4 Å². The lowest BCUT2D eigenvalue weighted by molar-refractivity contribution is -0.146. The lowest BCUT2D eigenvalue weighted by Crippen LogP contribution is -2.52. The normalized spacial score (nSPS) is 13.4. The Balaban J connectivity index is 1.61. The van der Waals surface area contributed by atoms with Gasteiger partial charge < -0.3 is 10.1 Å². The van der Waals surface area contributed by atoms with Gasteiger partial charge >= 0.3 is 5.97 Å². The van der Waals surface area contributed by atoms with E-state index in [2.05, 4.69) is 17.4 Å². The van der Waals surface area contributed by atoms with E-state index in [1.807, 2.05) is 104 Å². The molecule has 35 heavy (non-hydrogen) atoms. The molecule has 4 heteroatoms. The van der Waals surface area contributed by atoms with Gasteiger partial charge in [0.25, 0.3) is 0 Å². The van der Waals surface area contributed by atoms with Crippen LogP contribution in [0.25, 0.3) is 11.1 Å². The molecule has 4 nitrogen and oxygen atoms in total. The maximum absolute atomic E-state index is 14.2. The summed E-state index contributed by atoms with van der Waals surface area (Å²) in [6.45, 7) is 1.90. The minimum atomic E-state index is -1.01. The Hall–Kier alpha value is -4.18. The Bertz CT molecular complexity index is 1280. The van der Waals surface area contributed by atoms with E-state index in [1.165, 1.54) is 7.11 Å².